The van der Waals surface area contributed by atoms with Crippen LogP contribution in [0.15, 0.2) is 36.4 Å². The van der Waals surface area contributed by atoms with Crippen molar-refractivity contribution in [1.29, 1.82) is 0 Å². The molecular formula is C22H29N5O. The first-order valence-electron chi connectivity index (χ1n) is 10.2. The molecule has 0 radical (unpaired) electrons. The molecule has 0 saturated carbocycles. The average Bonchev–Trinajstić information content (AvgIpc) is 3.30. The summed E-state index contributed by atoms with van der Waals surface area (Å²) in [7, 11) is 0. The predicted octanol–water partition coefficient (Wildman–Crippen LogP) is 4.04. The summed E-state index contributed by atoms with van der Waals surface area (Å²) in [6.45, 7) is 9.82. The number of nitrogens with one attached hydrogen (secondary N) is 1. The van der Waals surface area contributed by atoms with Gasteiger partial charge in [-0.2, -0.15) is 5.10 Å². The van der Waals surface area contributed by atoms with Crippen LogP contribution in [0.1, 0.15) is 43.9 Å². The molecule has 2 saturated heterocycles. The smallest absolute Gasteiger partial charge is 0.321 e. The fourth-order valence-corrected chi connectivity index (χ4v) is 4.29. The zero-order chi connectivity index (χ0) is 19.7. The minimum Gasteiger partial charge on any atom is -0.354 e. The van der Waals surface area contributed by atoms with Crippen LogP contribution < -0.4 is 10.2 Å². The van der Waals surface area contributed by atoms with Crippen molar-refractivity contribution in [2.75, 3.05) is 36.4 Å². The van der Waals surface area contributed by atoms with E-state index >= 15 is 0 Å². The van der Waals surface area contributed by atoms with Gasteiger partial charge in [0.25, 0.3) is 0 Å². The van der Waals surface area contributed by atoms with Gasteiger partial charge < -0.3 is 15.1 Å². The van der Waals surface area contributed by atoms with E-state index in [9.17, 15) is 4.79 Å². The molecule has 0 bridgehead atoms. The van der Waals surface area contributed by atoms with Crippen molar-refractivity contribution < 1.29 is 4.79 Å². The second-order valence-corrected chi connectivity index (χ2v) is 8.58. The highest BCUT2D eigenvalue weighted by Gasteiger charge is 2.45. The van der Waals surface area contributed by atoms with Crippen LogP contribution in [0.25, 0.3) is 0 Å². The number of benzene rings is 1. The van der Waals surface area contributed by atoms with E-state index in [1.165, 1.54) is 5.56 Å². The molecule has 6 nitrogen and oxygen atoms in total. The van der Waals surface area contributed by atoms with Gasteiger partial charge in [-0.15, -0.1) is 5.10 Å². The fourth-order valence-electron chi connectivity index (χ4n) is 4.29. The highest BCUT2D eigenvalue weighted by Crippen LogP contribution is 2.40. The number of nitrogens with zero attached hydrogens (tertiary/aromatic N) is 4. The molecule has 1 aromatic carbocycles. The Morgan fingerprint density at radius 1 is 1.04 bits per heavy atom. The summed E-state index contributed by atoms with van der Waals surface area (Å²) >= 11 is 0. The monoisotopic (exact) mass is 379 g/mol. The molecule has 2 amide bonds. The van der Waals surface area contributed by atoms with Crippen molar-refractivity contribution >= 4 is 17.5 Å². The van der Waals surface area contributed by atoms with Crippen LogP contribution in [0.2, 0.25) is 0 Å². The van der Waals surface area contributed by atoms with Gasteiger partial charge in [-0.25, -0.2) is 4.79 Å². The second kappa shape index (κ2) is 7.41. The molecule has 2 aromatic rings. The van der Waals surface area contributed by atoms with Gasteiger partial charge in [0, 0.05) is 37.3 Å². The largest absolute Gasteiger partial charge is 0.354 e. The van der Waals surface area contributed by atoms with Gasteiger partial charge in [-0.05, 0) is 55.5 Å². The summed E-state index contributed by atoms with van der Waals surface area (Å²) in [6.07, 6.45) is 2.14. The predicted molar refractivity (Wildman–Crippen MR) is 112 cm³/mol. The summed E-state index contributed by atoms with van der Waals surface area (Å²) < 4.78 is 0. The minimum atomic E-state index is 0.00255. The van der Waals surface area contributed by atoms with Crippen molar-refractivity contribution in [2.45, 2.75) is 39.5 Å². The zero-order valence-electron chi connectivity index (χ0n) is 17.0. The first-order valence-corrected chi connectivity index (χ1v) is 10.2. The molecule has 1 atom stereocenters. The number of aryl methyl sites for hydroxylation is 1. The lowest BCUT2D eigenvalue weighted by Gasteiger charge is -2.25. The Morgan fingerprint density at radius 2 is 1.79 bits per heavy atom. The zero-order valence-corrected chi connectivity index (χ0v) is 17.0. The fraction of sp³-hybridized carbons (Fsp3) is 0.500. The van der Waals surface area contributed by atoms with E-state index in [0.29, 0.717) is 5.92 Å². The standard InChI is InChI=1S/C22H29N5O/c1-16(2)18-5-7-19(8-6-18)23-21(28)27-13-11-22(15-27)10-12-26(14-22)20-9-4-17(3)24-25-20/h4-9,16H,10-15H2,1-3H3,(H,23,28). The maximum Gasteiger partial charge on any atom is 0.321 e. The van der Waals surface area contributed by atoms with E-state index < -0.39 is 0 Å². The summed E-state index contributed by atoms with van der Waals surface area (Å²) in [5, 5.41) is 11.6. The molecule has 2 aliphatic rings. The molecule has 1 spiro atoms. The van der Waals surface area contributed by atoms with E-state index in [0.717, 1.165) is 56.2 Å². The van der Waals surface area contributed by atoms with Gasteiger partial charge in [0.1, 0.15) is 0 Å². The summed E-state index contributed by atoms with van der Waals surface area (Å²) in [4.78, 5) is 17.0. The van der Waals surface area contributed by atoms with E-state index in [1.54, 1.807) is 0 Å². The maximum absolute atomic E-state index is 12.7. The highest BCUT2D eigenvalue weighted by atomic mass is 16.2. The van der Waals surface area contributed by atoms with E-state index in [-0.39, 0.29) is 11.4 Å². The number of urea groups is 1. The van der Waals surface area contributed by atoms with Crippen LogP contribution >= 0.6 is 0 Å². The molecule has 4 rings (SSSR count). The third-order valence-corrected chi connectivity index (χ3v) is 6.10. The number of amides is 2. The molecule has 1 N–H and O–H groups in total. The van der Waals surface area contributed by atoms with Crippen molar-refractivity contribution in [3.05, 3.63) is 47.7 Å². The van der Waals surface area contributed by atoms with Crippen molar-refractivity contribution in [3.63, 3.8) is 0 Å². The number of aromatic nitrogens is 2. The first-order chi connectivity index (χ1) is 13.4. The van der Waals surface area contributed by atoms with E-state index in [4.69, 9.17) is 0 Å². The molecule has 2 aliphatic heterocycles. The third-order valence-electron chi connectivity index (χ3n) is 6.10. The van der Waals surface area contributed by atoms with Crippen LogP contribution in [-0.2, 0) is 0 Å². The molecule has 1 aromatic heterocycles. The lowest BCUT2D eigenvalue weighted by atomic mass is 9.86. The second-order valence-electron chi connectivity index (χ2n) is 8.58. The van der Waals surface area contributed by atoms with Gasteiger partial charge >= 0.3 is 6.03 Å². The lowest BCUT2D eigenvalue weighted by molar-refractivity contribution is 0.215. The molecule has 0 aliphatic carbocycles. The summed E-state index contributed by atoms with van der Waals surface area (Å²) in [6, 6.07) is 12.2. The number of hydrogen-bond acceptors (Lipinski definition) is 4. The Morgan fingerprint density at radius 3 is 2.46 bits per heavy atom. The number of carbonyl (C=O) groups excluding carboxylic acids is 1. The van der Waals surface area contributed by atoms with Crippen LogP contribution in [-0.4, -0.2) is 47.3 Å². The van der Waals surface area contributed by atoms with E-state index in [1.807, 2.05) is 36.1 Å². The van der Waals surface area contributed by atoms with Gasteiger partial charge in [-0.1, -0.05) is 26.0 Å². The van der Waals surface area contributed by atoms with Crippen LogP contribution in [0, 0.1) is 12.3 Å². The molecular weight excluding hydrogens is 350 g/mol. The van der Waals surface area contributed by atoms with Crippen LogP contribution in [0.4, 0.5) is 16.3 Å². The van der Waals surface area contributed by atoms with Crippen LogP contribution in [0.5, 0.6) is 0 Å². The Labute approximate surface area is 166 Å². The third kappa shape index (κ3) is 3.81. The lowest BCUT2D eigenvalue weighted by Crippen LogP contribution is -2.36. The summed E-state index contributed by atoms with van der Waals surface area (Å²) in [5.41, 5.74) is 3.25. The van der Waals surface area contributed by atoms with Crippen LogP contribution in [0.3, 0.4) is 0 Å². The summed E-state index contributed by atoms with van der Waals surface area (Å²) in [5.74, 6) is 1.43. The van der Waals surface area contributed by atoms with Gasteiger partial charge in [0.05, 0.1) is 5.69 Å². The Hall–Kier alpha value is -2.63. The molecule has 6 heteroatoms. The SMILES string of the molecule is Cc1ccc(N2CCC3(CCN(C(=O)Nc4ccc(C(C)C)cc4)C3)C2)nn1. The topological polar surface area (TPSA) is 61.4 Å². The molecule has 1 unspecified atom stereocenters. The van der Waals surface area contributed by atoms with Crippen molar-refractivity contribution in [1.82, 2.24) is 15.1 Å². The highest BCUT2D eigenvalue weighted by molar-refractivity contribution is 5.89. The van der Waals surface area contributed by atoms with Gasteiger partial charge in [0.2, 0.25) is 0 Å². The molecule has 2 fully saturated rings. The van der Waals surface area contributed by atoms with Crippen molar-refractivity contribution in [2.24, 2.45) is 5.41 Å². The van der Waals surface area contributed by atoms with Gasteiger partial charge in [0.15, 0.2) is 5.82 Å². The number of rotatable bonds is 3. The molecule has 148 valence electrons. The number of hydrogen-bond donors (Lipinski definition) is 1. The van der Waals surface area contributed by atoms with Gasteiger partial charge in [-0.3, -0.25) is 0 Å². The number of likely N-dealkylation sites (tertiary alicyclic amines) is 1. The van der Waals surface area contributed by atoms with Crippen molar-refractivity contribution in [3.8, 4) is 0 Å². The Bertz CT molecular complexity index is 833. The van der Waals surface area contributed by atoms with E-state index in [2.05, 4.69) is 46.4 Å². The Kier molecular flexibility index (Phi) is 4.96. The molecule has 28 heavy (non-hydrogen) atoms. The normalized spacial score (nSPS) is 21.7. The first kappa shape index (κ1) is 18.7. The number of anilines is 2. The molecule has 3 heterocycles. The number of carbonyl (C=O) groups is 1. The maximum atomic E-state index is 12.7. The quantitative estimate of drug-likeness (QED) is 0.874. The average molecular weight is 380 g/mol. The Balaban J connectivity index is 1.35. The minimum absolute atomic E-state index is 0.00255.